The maximum atomic E-state index is 12.5. The smallest absolute Gasteiger partial charge is 0.136 e. The summed E-state index contributed by atoms with van der Waals surface area (Å²) in [6.45, 7) is 0. The molecule has 3 aromatic carbocycles. The van der Waals surface area contributed by atoms with Gasteiger partial charge in [0.25, 0.3) is 0 Å². The van der Waals surface area contributed by atoms with Crippen molar-refractivity contribution in [3.63, 3.8) is 0 Å². The summed E-state index contributed by atoms with van der Waals surface area (Å²) in [5.74, 6) is 0. The summed E-state index contributed by atoms with van der Waals surface area (Å²) >= 11 is 1.70. The molecule has 1 atom stereocenters. The molecular weight excluding hydrogens is 422 g/mol. The molecule has 6 heteroatoms. The van der Waals surface area contributed by atoms with Gasteiger partial charge in [-0.3, -0.25) is 4.99 Å². The third-order valence-corrected chi connectivity index (χ3v) is 6.52. The zero-order valence-corrected chi connectivity index (χ0v) is 18.2. The van der Waals surface area contributed by atoms with E-state index in [4.69, 9.17) is 0 Å². The van der Waals surface area contributed by atoms with Gasteiger partial charge in [0.05, 0.1) is 5.69 Å². The van der Waals surface area contributed by atoms with Crippen molar-refractivity contribution in [3.05, 3.63) is 114 Å². The van der Waals surface area contributed by atoms with E-state index in [9.17, 15) is 4.21 Å². The van der Waals surface area contributed by atoms with Crippen LogP contribution in [0.1, 0.15) is 5.56 Å². The normalized spacial score (nSPS) is 12.8. The van der Waals surface area contributed by atoms with E-state index >= 15 is 0 Å². The van der Waals surface area contributed by atoms with Crippen LogP contribution in [0.25, 0.3) is 11.3 Å². The molecule has 0 bridgehead atoms. The van der Waals surface area contributed by atoms with Crippen molar-refractivity contribution in [1.29, 1.82) is 0 Å². The molecule has 0 fully saturated rings. The lowest BCUT2D eigenvalue weighted by Gasteiger charge is -2.04. The largest absolute Gasteiger partial charge is 0.264 e. The van der Waals surface area contributed by atoms with E-state index < -0.39 is 10.8 Å². The van der Waals surface area contributed by atoms with E-state index in [0.717, 1.165) is 16.2 Å². The van der Waals surface area contributed by atoms with Crippen LogP contribution in [0.15, 0.2) is 129 Å². The second-order valence-electron chi connectivity index (χ2n) is 6.41. The number of fused-ring (bicyclic) bond motifs is 1. The number of aromatic nitrogens is 2. The van der Waals surface area contributed by atoms with Gasteiger partial charge in [0.2, 0.25) is 0 Å². The SMILES string of the molecule is C1=CSc2ccccc2C=N1.O=S(c1ccccc1)c1cc(-c2ccccc2)ncn1. The second kappa shape index (κ2) is 10.6. The van der Waals surface area contributed by atoms with Gasteiger partial charge in [-0.15, -0.1) is 0 Å². The second-order valence-corrected chi connectivity index (χ2v) is 8.78. The minimum atomic E-state index is -1.28. The molecule has 1 unspecified atom stereocenters. The summed E-state index contributed by atoms with van der Waals surface area (Å²) in [5.41, 5.74) is 2.96. The fourth-order valence-corrected chi connectivity index (χ4v) is 4.53. The van der Waals surface area contributed by atoms with Gasteiger partial charge < -0.3 is 0 Å². The number of hydrogen-bond acceptors (Lipinski definition) is 5. The molecule has 1 aliphatic heterocycles. The number of rotatable bonds is 3. The molecule has 31 heavy (non-hydrogen) atoms. The molecule has 0 aliphatic carbocycles. The van der Waals surface area contributed by atoms with Crippen LogP contribution in [-0.4, -0.2) is 20.4 Å². The van der Waals surface area contributed by atoms with Crippen LogP contribution in [0, 0.1) is 0 Å². The first-order valence-electron chi connectivity index (χ1n) is 9.59. The molecule has 0 saturated heterocycles. The van der Waals surface area contributed by atoms with Crippen molar-refractivity contribution in [2.75, 3.05) is 0 Å². The van der Waals surface area contributed by atoms with Crippen molar-refractivity contribution in [3.8, 4) is 11.3 Å². The first kappa shape index (κ1) is 20.9. The summed E-state index contributed by atoms with van der Waals surface area (Å²) in [7, 11) is -1.28. The molecule has 0 spiro atoms. The van der Waals surface area contributed by atoms with Crippen LogP contribution in [0.5, 0.6) is 0 Å². The molecule has 0 radical (unpaired) electrons. The van der Waals surface area contributed by atoms with E-state index in [-0.39, 0.29) is 0 Å². The highest BCUT2D eigenvalue weighted by molar-refractivity contribution is 8.02. The molecule has 5 rings (SSSR count). The lowest BCUT2D eigenvalue weighted by atomic mass is 10.1. The van der Waals surface area contributed by atoms with Crippen LogP contribution in [-0.2, 0) is 10.8 Å². The zero-order valence-electron chi connectivity index (χ0n) is 16.5. The average molecular weight is 442 g/mol. The Morgan fingerprint density at radius 1 is 0.774 bits per heavy atom. The number of hydrogen-bond donors (Lipinski definition) is 0. The topological polar surface area (TPSA) is 55.2 Å². The van der Waals surface area contributed by atoms with E-state index in [1.165, 1.54) is 16.8 Å². The lowest BCUT2D eigenvalue weighted by Crippen LogP contribution is -1.97. The number of thioether (sulfide) groups is 1. The molecule has 0 amide bonds. The number of nitrogens with zero attached hydrogens (tertiary/aromatic N) is 3. The molecule has 0 saturated carbocycles. The molecular formula is C25H19N3OS2. The van der Waals surface area contributed by atoms with Crippen molar-refractivity contribution in [1.82, 2.24) is 9.97 Å². The Morgan fingerprint density at radius 3 is 2.29 bits per heavy atom. The van der Waals surface area contributed by atoms with Gasteiger partial charge in [0.15, 0.2) is 0 Å². The Kier molecular flexibility index (Phi) is 7.16. The maximum Gasteiger partial charge on any atom is 0.136 e. The van der Waals surface area contributed by atoms with E-state index in [1.54, 1.807) is 17.8 Å². The minimum Gasteiger partial charge on any atom is -0.264 e. The molecule has 2 heterocycles. The maximum absolute atomic E-state index is 12.5. The minimum absolute atomic E-state index is 0.519. The molecule has 1 aromatic heterocycles. The third kappa shape index (κ3) is 5.63. The molecule has 4 nitrogen and oxygen atoms in total. The van der Waals surface area contributed by atoms with Crippen molar-refractivity contribution in [2.24, 2.45) is 4.99 Å². The predicted molar refractivity (Wildman–Crippen MR) is 128 cm³/mol. The average Bonchev–Trinajstić information content (AvgIpc) is 3.11. The summed E-state index contributed by atoms with van der Waals surface area (Å²) in [6.07, 6.45) is 5.15. The van der Waals surface area contributed by atoms with Crippen molar-refractivity contribution in [2.45, 2.75) is 14.8 Å². The van der Waals surface area contributed by atoms with Gasteiger partial charge in [-0.05, 0) is 29.7 Å². The van der Waals surface area contributed by atoms with Crippen LogP contribution in [0.3, 0.4) is 0 Å². The molecule has 152 valence electrons. The fourth-order valence-electron chi connectivity index (χ4n) is 2.83. The van der Waals surface area contributed by atoms with Gasteiger partial charge >= 0.3 is 0 Å². The Bertz CT molecular complexity index is 1230. The Hall–Kier alpha value is -3.35. The highest BCUT2D eigenvalue weighted by Crippen LogP contribution is 2.24. The lowest BCUT2D eigenvalue weighted by molar-refractivity contribution is 0.680. The number of benzene rings is 3. The molecule has 1 aliphatic rings. The zero-order chi connectivity index (χ0) is 21.3. The summed E-state index contributed by atoms with van der Waals surface area (Å²) in [4.78, 5) is 14.5. The van der Waals surface area contributed by atoms with Gasteiger partial charge in [-0.2, -0.15) is 0 Å². The quantitative estimate of drug-likeness (QED) is 0.366. The molecule has 0 N–H and O–H groups in total. The monoisotopic (exact) mass is 441 g/mol. The highest BCUT2D eigenvalue weighted by Gasteiger charge is 2.10. The van der Waals surface area contributed by atoms with Crippen molar-refractivity contribution < 1.29 is 4.21 Å². The highest BCUT2D eigenvalue weighted by atomic mass is 32.2. The van der Waals surface area contributed by atoms with Crippen molar-refractivity contribution >= 4 is 28.8 Å². The van der Waals surface area contributed by atoms with Crippen LogP contribution < -0.4 is 0 Å². The fraction of sp³-hybridized carbons (Fsp3) is 0. The van der Waals surface area contributed by atoms with Gasteiger partial charge in [0, 0.05) is 33.3 Å². The van der Waals surface area contributed by atoms with Crippen LogP contribution in [0.2, 0.25) is 0 Å². The van der Waals surface area contributed by atoms with Gasteiger partial charge in [-0.25, -0.2) is 14.2 Å². The Morgan fingerprint density at radius 2 is 1.48 bits per heavy atom. The van der Waals surface area contributed by atoms with E-state index in [2.05, 4.69) is 27.1 Å². The standard InChI is InChI=1S/C16H12N2OS.C9H7NS/c19-20(14-9-5-2-6-10-14)16-11-15(17-12-18-16)13-7-3-1-4-8-13;1-2-4-9-8(3-1)7-10-5-6-11-9/h1-12H;1-7H. The summed E-state index contributed by atoms with van der Waals surface area (Å²) in [5, 5.41) is 2.51. The first-order chi connectivity index (χ1) is 15.3. The predicted octanol–water partition coefficient (Wildman–Crippen LogP) is 5.99. The van der Waals surface area contributed by atoms with Crippen LogP contribution in [0.4, 0.5) is 0 Å². The van der Waals surface area contributed by atoms with Gasteiger partial charge in [0.1, 0.15) is 22.2 Å². The Labute approximate surface area is 188 Å². The van der Waals surface area contributed by atoms with E-state index in [0.29, 0.717) is 5.03 Å². The molecule has 4 aromatic rings. The van der Waals surface area contributed by atoms with E-state index in [1.807, 2.05) is 90.6 Å². The van der Waals surface area contributed by atoms with Crippen LogP contribution >= 0.6 is 11.8 Å². The summed E-state index contributed by atoms with van der Waals surface area (Å²) in [6, 6.07) is 29.1. The Balaban J connectivity index is 0.000000177. The van der Waals surface area contributed by atoms with Gasteiger partial charge in [-0.1, -0.05) is 78.5 Å². The summed E-state index contributed by atoms with van der Waals surface area (Å²) < 4.78 is 12.5. The third-order valence-electron chi connectivity index (χ3n) is 4.33. The number of aliphatic imine (C=N–C) groups is 1. The first-order valence-corrected chi connectivity index (χ1v) is 11.6.